The molecule has 2 amide bonds. The molecule has 5 heteroatoms. The molecule has 13 heavy (non-hydrogen) atoms. The number of urea groups is 1. The van der Waals surface area contributed by atoms with E-state index in [4.69, 9.17) is 0 Å². The van der Waals surface area contributed by atoms with Crippen molar-refractivity contribution in [2.24, 2.45) is 0 Å². The second-order valence-electron chi connectivity index (χ2n) is 2.33. The summed E-state index contributed by atoms with van der Waals surface area (Å²) in [5.41, 5.74) is 0. The van der Waals surface area contributed by atoms with Crippen molar-refractivity contribution in [2.75, 3.05) is 11.4 Å². The van der Waals surface area contributed by atoms with Crippen LogP contribution in [0.2, 0.25) is 0 Å². The molecule has 0 aliphatic rings. The molecule has 1 heterocycles. The zero-order chi connectivity index (χ0) is 9.68. The second kappa shape index (κ2) is 5.00. The molecule has 1 aromatic heterocycles. The van der Waals surface area contributed by atoms with E-state index in [0.717, 1.165) is 0 Å². The first-order valence-electron chi connectivity index (χ1n) is 3.88. The van der Waals surface area contributed by atoms with Crippen LogP contribution < -0.4 is 8.43 Å². The van der Waals surface area contributed by atoms with Gasteiger partial charge >= 0.3 is 6.03 Å². The molecule has 0 aliphatic heterocycles. The summed E-state index contributed by atoms with van der Waals surface area (Å²) in [5, 5.41) is 0. The second-order valence-corrected chi connectivity index (χ2v) is 2.87. The molecule has 0 aliphatic carbocycles. The highest BCUT2D eigenvalue weighted by Crippen LogP contribution is 2.08. The fourth-order valence-corrected chi connectivity index (χ4v) is 1.27. The van der Waals surface area contributed by atoms with Gasteiger partial charge in [0.2, 0.25) is 0 Å². The smallest absolute Gasteiger partial charge is 0.280 e. The van der Waals surface area contributed by atoms with Gasteiger partial charge in [-0.05, 0) is 19.1 Å². The Morgan fingerprint density at radius 2 is 2.46 bits per heavy atom. The van der Waals surface area contributed by atoms with Crippen molar-refractivity contribution in [3.05, 3.63) is 24.4 Å². The van der Waals surface area contributed by atoms with Crippen LogP contribution in [-0.2, 0) is 0 Å². The van der Waals surface area contributed by atoms with E-state index in [1.54, 1.807) is 17.2 Å². The van der Waals surface area contributed by atoms with Gasteiger partial charge in [0, 0.05) is 12.7 Å². The zero-order valence-electron chi connectivity index (χ0n) is 7.20. The molecular weight excluding hydrogens is 281 g/mol. The fourth-order valence-electron chi connectivity index (χ4n) is 0.974. The lowest BCUT2D eigenvalue weighted by atomic mass is 10.4. The number of pyridine rings is 1. The Bertz CT molecular complexity index is 278. The first kappa shape index (κ1) is 10.2. The Morgan fingerprint density at radius 3 is 2.92 bits per heavy atom. The summed E-state index contributed by atoms with van der Waals surface area (Å²) in [4.78, 5) is 17.0. The van der Waals surface area contributed by atoms with Crippen LogP contribution >= 0.6 is 22.9 Å². The van der Waals surface area contributed by atoms with Crippen LogP contribution in [0.5, 0.6) is 0 Å². The van der Waals surface area contributed by atoms with Crippen LogP contribution in [0.15, 0.2) is 24.4 Å². The molecule has 0 radical (unpaired) electrons. The molecule has 1 rings (SSSR count). The molecule has 0 bridgehead atoms. The number of nitrogens with one attached hydrogen (secondary N) is 1. The van der Waals surface area contributed by atoms with E-state index in [-0.39, 0.29) is 6.03 Å². The molecule has 0 saturated heterocycles. The van der Waals surface area contributed by atoms with Crippen molar-refractivity contribution in [3.63, 3.8) is 0 Å². The van der Waals surface area contributed by atoms with Gasteiger partial charge in [-0.15, -0.1) is 0 Å². The number of anilines is 1. The predicted molar refractivity (Wildman–Crippen MR) is 59.8 cm³/mol. The molecule has 0 saturated carbocycles. The number of hydrogen-bond acceptors (Lipinski definition) is 2. The summed E-state index contributed by atoms with van der Waals surface area (Å²) in [5.74, 6) is 0.666. The number of carbonyl (C=O) groups is 1. The van der Waals surface area contributed by atoms with Gasteiger partial charge in [-0.1, -0.05) is 6.07 Å². The number of hydrogen-bond donors (Lipinski definition) is 1. The van der Waals surface area contributed by atoms with Crippen molar-refractivity contribution < 1.29 is 4.79 Å². The highest BCUT2D eigenvalue weighted by Gasteiger charge is 2.12. The summed E-state index contributed by atoms with van der Waals surface area (Å²) in [6.07, 6.45) is 1.67. The minimum absolute atomic E-state index is 0.151. The third kappa shape index (κ3) is 2.55. The standard InChI is InChI=1S/C8H10IN3O/c1-2-12(8(13)11-9)7-5-3-4-6-10-7/h3-6H,2H2,1H3,(H,11,13). The van der Waals surface area contributed by atoms with Gasteiger partial charge in [-0.2, -0.15) is 0 Å². The third-order valence-electron chi connectivity index (χ3n) is 1.57. The lowest BCUT2D eigenvalue weighted by Crippen LogP contribution is -2.35. The molecule has 0 aromatic carbocycles. The SMILES string of the molecule is CCN(C(=O)NI)c1ccccn1. The van der Waals surface area contributed by atoms with E-state index in [1.807, 2.05) is 41.9 Å². The molecule has 0 unspecified atom stereocenters. The first-order valence-corrected chi connectivity index (χ1v) is 4.96. The van der Waals surface area contributed by atoms with Gasteiger partial charge in [0.15, 0.2) is 0 Å². The number of halogens is 1. The van der Waals surface area contributed by atoms with Crippen molar-refractivity contribution in [3.8, 4) is 0 Å². The van der Waals surface area contributed by atoms with E-state index < -0.39 is 0 Å². The summed E-state index contributed by atoms with van der Waals surface area (Å²) in [7, 11) is 0. The highest BCUT2D eigenvalue weighted by atomic mass is 127. The summed E-state index contributed by atoms with van der Waals surface area (Å²) in [6.45, 7) is 2.51. The minimum atomic E-state index is -0.151. The lowest BCUT2D eigenvalue weighted by Gasteiger charge is -2.17. The fraction of sp³-hybridized carbons (Fsp3) is 0.250. The number of rotatable bonds is 2. The van der Waals surface area contributed by atoms with E-state index in [1.165, 1.54) is 0 Å². The number of amides is 2. The lowest BCUT2D eigenvalue weighted by molar-refractivity contribution is 0.252. The summed E-state index contributed by atoms with van der Waals surface area (Å²) >= 11 is 1.81. The van der Waals surface area contributed by atoms with Crippen molar-refractivity contribution in [2.45, 2.75) is 6.92 Å². The van der Waals surface area contributed by atoms with Gasteiger partial charge in [-0.25, -0.2) is 9.78 Å². The Morgan fingerprint density at radius 1 is 1.69 bits per heavy atom. The summed E-state index contributed by atoms with van der Waals surface area (Å²) < 4.78 is 2.53. The van der Waals surface area contributed by atoms with E-state index >= 15 is 0 Å². The molecular formula is C8H10IN3O. The van der Waals surface area contributed by atoms with Crippen LogP contribution in [0.3, 0.4) is 0 Å². The molecule has 4 nitrogen and oxygen atoms in total. The first-order chi connectivity index (χ1) is 6.29. The van der Waals surface area contributed by atoms with Gasteiger partial charge < -0.3 is 0 Å². The van der Waals surface area contributed by atoms with Crippen molar-refractivity contribution in [1.29, 1.82) is 0 Å². The zero-order valence-corrected chi connectivity index (χ0v) is 9.35. The maximum atomic E-state index is 11.3. The van der Waals surface area contributed by atoms with Crippen molar-refractivity contribution in [1.82, 2.24) is 8.51 Å². The average molecular weight is 291 g/mol. The molecule has 0 spiro atoms. The molecule has 0 fully saturated rings. The Hall–Kier alpha value is -0.850. The maximum absolute atomic E-state index is 11.3. The van der Waals surface area contributed by atoms with Gasteiger partial charge in [0.1, 0.15) is 5.82 Å². The average Bonchev–Trinajstić information content (AvgIpc) is 2.20. The van der Waals surface area contributed by atoms with Crippen LogP contribution in [0, 0.1) is 0 Å². The molecule has 0 atom stereocenters. The number of nitrogens with zero attached hydrogens (tertiary/aromatic N) is 2. The Kier molecular flexibility index (Phi) is 3.94. The van der Waals surface area contributed by atoms with Crippen LogP contribution in [-0.4, -0.2) is 17.6 Å². The Labute approximate surface area is 90.8 Å². The van der Waals surface area contributed by atoms with Crippen LogP contribution in [0.1, 0.15) is 6.92 Å². The monoisotopic (exact) mass is 291 g/mol. The largest absolute Gasteiger partial charge is 0.331 e. The number of aromatic nitrogens is 1. The van der Waals surface area contributed by atoms with Crippen LogP contribution in [0.25, 0.3) is 0 Å². The normalized spacial score (nSPS) is 9.38. The molecule has 70 valence electrons. The molecule has 1 aromatic rings. The van der Waals surface area contributed by atoms with E-state index in [2.05, 4.69) is 8.51 Å². The molecule has 1 N–H and O–H groups in total. The minimum Gasteiger partial charge on any atom is -0.280 e. The van der Waals surface area contributed by atoms with E-state index in [0.29, 0.717) is 12.4 Å². The quantitative estimate of drug-likeness (QED) is 0.669. The van der Waals surface area contributed by atoms with E-state index in [9.17, 15) is 4.79 Å². The maximum Gasteiger partial charge on any atom is 0.331 e. The number of carbonyl (C=O) groups excluding carboxylic acids is 1. The Balaban J connectivity index is 2.85. The highest BCUT2D eigenvalue weighted by molar-refractivity contribution is 14.1. The van der Waals surface area contributed by atoms with Crippen LogP contribution in [0.4, 0.5) is 10.6 Å². The van der Waals surface area contributed by atoms with Crippen molar-refractivity contribution >= 4 is 34.7 Å². The summed E-state index contributed by atoms with van der Waals surface area (Å²) in [6, 6.07) is 5.32. The third-order valence-corrected chi connectivity index (χ3v) is 2.03. The topological polar surface area (TPSA) is 45.2 Å². The van der Waals surface area contributed by atoms with Gasteiger partial charge in [0.05, 0.1) is 22.9 Å². The predicted octanol–water partition coefficient (Wildman–Crippen LogP) is 1.97. The van der Waals surface area contributed by atoms with Gasteiger partial charge in [-0.3, -0.25) is 8.43 Å². The van der Waals surface area contributed by atoms with Gasteiger partial charge in [0.25, 0.3) is 0 Å².